The predicted octanol–water partition coefficient (Wildman–Crippen LogP) is 3.96. The summed E-state index contributed by atoms with van der Waals surface area (Å²) in [5, 5.41) is 14.3. The lowest BCUT2D eigenvalue weighted by molar-refractivity contribution is -0.245. The standard InChI is InChI=1S/C18H22F3N3OS/c1-2-17(25,18(19,20)21)16(22)9-24(23)8-11-3-6-13-14(12-4-5-12)10-26-15(13)7-11/h3,6-7,9-10,12,25H,2,4-5,8,22-23H2,1H3/b16-9-. The third-order valence-corrected chi connectivity index (χ3v) is 5.78. The topological polar surface area (TPSA) is 75.5 Å². The molecule has 1 unspecified atom stereocenters. The molecule has 8 heteroatoms. The Labute approximate surface area is 153 Å². The van der Waals surface area contributed by atoms with Crippen LogP contribution in [0.5, 0.6) is 0 Å². The molecule has 3 rings (SSSR count). The first-order valence-electron chi connectivity index (χ1n) is 8.44. The van der Waals surface area contributed by atoms with Gasteiger partial charge in [0, 0.05) is 10.9 Å². The first-order chi connectivity index (χ1) is 12.2. The van der Waals surface area contributed by atoms with E-state index in [2.05, 4.69) is 5.38 Å². The largest absolute Gasteiger partial charge is 0.422 e. The van der Waals surface area contributed by atoms with E-state index in [1.165, 1.54) is 30.7 Å². The van der Waals surface area contributed by atoms with Gasteiger partial charge in [-0.15, -0.1) is 11.3 Å². The van der Waals surface area contributed by atoms with E-state index in [-0.39, 0.29) is 6.54 Å². The Kier molecular flexibility index (Phi) is 4.94. The highest BCUT2D eigenvalue weighted by Gasteiger charge is 2.54. The van der Waals surface area contributed by atoms with E-state index in [0.29, 0.717) is 5.92 Å². The van der Waals surface area contributed by atoms with Crippen LogP contribution in [0.25, 0.3) is 10.1 Å². The van der Waals surface area contributed by atoms with E-state index < -0.39 is 23.9 Å². The number of nitrogens with two attached hydrogens (primary N) is 2. The van der Waals surface area contributed by atoms with Crippen molar-refractivity contribution in [3.63, 3.8) is 0 Å². The van der Waals surface area contributed by atoms with E-state index in [0.717, 1.165) is 21.5 Å². The Bertz CT molecular complexity index is 829. The van der Waals surface area contributed by atoms with Crippen molar-refractivity contribution >= 4 is 21.4 Å². The van der Waals surface area contributed by atoms with E-state index in [9.17, 15) is 18.3 Å². The molecular formula is C18H22F3N3OS. The summed E-state index contributed by atoms with van der Waals surface area (Å²) in [4.78, 5) is 0. The summed E-state index contributed by atoms with van der Waals surface area (Å²) >= 11 is 1.66. The van der Waals surface area contributed by atoms with Crippen LogP contribution in [0.1, 0.15) is 43.2 Å². The zero-order valence-electron chi connectivity index (χ0n) is 14.4. The van der Waals surface area contributed by atoms with E-state index >= 15 is 0 Å². The fourth-order valence-corrected chi connectivity index (χ4v) is 4.12. The van der Waals surface area contributed by atoms with E-state index in [1.54, 1.807) is 11.3 Å². The summed E-state index contributed by atoms with van der Waals surface area (Å²) < 4.78 is 40.3. The minimum atomic E-state index is -4.86. The lowest BCUT2D eigenvalue weighted by Gasteiger charge is -2.30. The van der Waals surface area contributed by atoms with Gasteiger partial charge in [0.25, 0.3) is 0 Å². The normalized spacial score (nSPS) is 18.2. The van der Waals surface area contributed by atoms with Crippen LogP contribution < -0.4 is 11.6 Å². The molecule has 26 heavy (non-hydrogen) atoms. The predicted molar refractivity (Wildman–Crippen MR) is 97.1 cm³/mol. The van der Waals surface area contributed by atoms with Gasteiger partial charge in [0.1, 0.15) is 0 Å². The van der Waals surface area contributed by atoms with Crippen molar-refractivity contribution in [1.29, 1.82) is 0 Å². The second-order valence-corrected chi connectivity index (χ2v) is 7.68. The maximum Gasteiger partial charge on any atom is 0.422 e. The summed E-state index contributed by atoms with van der Waals surface area (Å²) in [6, 6.07) is 5.94. The maximum atomic E-state index is 13.1. The molecule has 0 radical (unpaired) electrons. The lowest BCUT2D eigenvalue weighted by atomic mass is 9.96. The lowest BCUT2D eigenvalue weighted by Crippen LogP contribution is -2.49. The molecule has 4 nitrogen and oxygen atoms in total. The number of hydrazine groups is 1. The minimum Gasteiger partial charge on any atom is -0.398 e. The average Bonchev–Trinajstić information content (AvgIpc) is 3.32. The van der Waals surface area contributed by atoms with Crippen molar-refractivity contribution in [3.8, 4) is 0 Å². The number of hydrogen-bond donors (Lipinski definition) is 3. The quantitative estimate of drug-likeness (QED) is 0.520. The third-order valence-electron chi connectivity index (χ3n) is 4.82. The Balaban J connectivity index is 1.76. The first-order valence-corrected chi connectivity index (χ1v) is 9.32. The van der Waals surface area contributed by atoms with Gasteiger partial charge in [0.2, 0.25) is 5.60 Å². The SMILES string of the molecule is CCC(O)(/C(N)=C/N(N)Cc1ccc2c(C3CC3)csc2c1)C(F)(F)F. The molecule has 2 aromatic rings. The minimum absolute atomic E-state index is 0.185. The van der Waals surface area contributed by atoms with Gasteiger partial charge in [0.15, 0.2) is 0 Å². The molecule has 5 N–H and O–H groups in total. The smallest absolute Gasteiger partial charge is 0.398 e. The van der Waals surface area contributed by atoms with E-state index in [4.69, 9.17) is 11.6 Å². The number of fused-ring (bicyclic) bond motifs is 1. The van der Waals surface area contributed by atoms with Crippen LogP contribution in [0, 0.1) is 0 Å². The second kappa shape index (κ2) is 6.75. The number of halogens is 3. The number of alkyl halides is 3. The fraction of sp³-hybridized carbons (Fsp3) is 0.444. The van der Waals surface area contributed by atoms with Crippen molar-refractivity contribution in [2.24, 2.45) is 11.6 Å². The highest BCUT2D eigenvalue weighted by Crippen LogP contribution is 2.45. The van der Waals surface area contributed by atoms with Crippen LogP contribution in [0.15, 0.2) is 35.5 Å². The molecule has 1 aromatic heterocycles. The van der Waals surface area contributed by atoms with Gasteiger partial charge < -0.3 is 15.8 Å². The van der Waals surface area contributed by atoms with Crippen LogP contribution in [-0.2, 0) is 6.54 Å². The fourth-order valence-electron chi connectivity index (χ4n) is 3.01. The number of thiophene rings is 1. The van der Waals surface area contributed by atoms with Crippen LogP contribution in [0.4, 0.5) is 13.2 Å². The highest BCUT2D eigenvalue weighted by molar-refractivity contribution is 7.17. The molecule has 1 aliphatic carbocycles. The van der Waals surface area contributed by atoms with Gasteiger partial charge in [-0.05, 0) is 53.1 Å². The summed E-state index contributed by atoms with van der Waals surface area (Å²) in [6.45, 7) is 1.40. The molecule has 0 spiro atoms. The first kappa shape index (κ1) is 19.0. The monoisotopic (exact) mass is 385 g/mol. The van der Waals surface area contributed by atoms with Gasteiger partial charge in [-0.25, -0.2) is 5.84 Å². The number of nitrogens with zero attached hydrogens (tertiary/aromatic N) is 1. The number of aliphatic hydroxyl groups is 1. The number of benzene rings is 1. The summed E-state index contributed by atoms with van der Waals surface area (Å²) in [5.41, 5.74) is 3.95. The van der Waals surface area contributed by atoms with Crippen LogP contribution in [0.2, 0.25) is 0 Å². The Hall–Kier alpha value is -1.77. The summed E-state index contributed by atoms with van der Waals surface area (Å²) in [6.07, 6.45) is -2.04. The van der Waals surface area contributed by atoms with Crippen LogP contribution in [-0.4, -0.2) is 21.9 Å². The molecule has 1 aliphatic rings. The number of hydrogen-bond acceptors (Lipinski definition) is 5. The number of rotatable bonds is 6. The highest BCUT2D eigenvalue weighted by atomic mass is 32.1. The zero-order valence-corrected chi connectivity index (χ0v) is 15.2. The maximum absolute atomic E-state index is 13.1. The molecule has 0 amide bonds. The van der Waals surface area contributed by atoms with E-state index in [1.807, 2.05) is 18.2 Å². The molecule has 0 saturated heterocycles. The second-order valence-electron chi connectivity index (χ2n) is 6.76. The molecule has 142 valence electrons. The van der Waals surface area contributed by atoms with Crippen molar-refractivity contribution in [2.45, 2.75) is 50.4 Å². The van der Waals surface area contributed by atoms with Crippen LogP contribution >= 0.6 is 11.3 Å². The molecule has 1 aromatic carbocycles. The molecule has 1 fully saturated rings. The van der Waals surface area contributed by atoms with Gasteiger partial charge in [-0.3, -0.25) is 0 Å². The molecule has 1 atom stereocenters. The van der Waals surface area contributed by atoms with Crippen molar-refractivity contribution in [3.05, 3.63) is 46.6 Å². The molecule has 1 saturated carbocycles. The third kappa shape index (κ3) is 3.54. The van der Waals surface area contributed by atoms with Crippen molar-refractivity contribution < 1.29 is 18.3 Å². The molecule has 0 aliphatic heterocycles. The average molecular weight is 385 g/mol. The van der Waals surface area contributed by atoms with Gasteiger partial charge in [-0.2, -0.15) is 13.2 Å². The van der Waals surface area contributed by atoms with Crippen LogP contribution in [0.3, 0.4) is 0 Å². The van der Waals surface area contributed by atoms with Crippen molar-refractivity contribution in [2.75, 3.05) is 0 Å². The zero-order chi connectivity index (χ0) is 19.1. The summed E-state index contributed by atoms with van der Waals surface area (Å²) in [7, 11) is 0. The Morgan fingerprint density at radius 3 is 2.65 bits per heavy atom. The summed E-state index contributed by atoms with van der Waals surface area (Å²) in [5.74, 6) is 6.47. The van der Waals surface area contributed by atoms with Crippen molar-refractivity contribution in [1.82, 2.24) is 5.01 Å². The van der Waals surface area contributed by atoms with Gasteiger partial charge in [0.05, 0.1) is 12.2 Å². The van der Waals surface area contributed by atoms with Gasteiger partial charge in [-0.1, -0.05) is 19.1 Å². The molecular weight excluding hydrogens is 363 g/mol. The van der Waals surface area contributed by atoms with Gasteiger partial charge >= 0.3 is 6.18 Å². The Morgan fingerprint density at radius 2 is 2.08 bits per heavy atom. The molecule has 1 heterocycles. The Morgan fingerprint density at radius 1 is 1.38 bits per heavy atom. The molecule has 0 bridgehead atoms.